The summed E-state index contributed by atoms with van der Waals surface area (Å²) in [7, 11) is 0. The summed E-state index contributed by atoms with van der Waals surface area (Å²) in [4.78, 5) is 3.32. The second-order valence-electron chi connectivity index (χ2n) is 3.13. The zero-order valence-corrected chi connectivity index (χ0v) is 7.04. The third-order valence-electron chi connectivity index (χ3n) is 2.33. The molecule has 0 bridgehead atoms. The summed E-state index contributed by atoms with van der Waals surface area (Å²) in [5.41, 5.74) is 2.27. The number of para-hydroxylation sites is 2. The molecule has 0 unspecified atom stereocenters. The van der Waals surface area contributed by atoms with Crippen LogP contribution in [0.3, 0.4) is 0 Å². The van der Waals surface area contributed by atoms with Gasteiger partial charge in [-0.05, 0) is 6.07 Å². The molecule has 0 saturated carbocycles. The van der Waals surface area contributed by atoms with Gasteiger partial charge in [-0.2, -0.15) is 0 Å². The Morgan fingerprint density at radius 3 is 2.64 bits per heavy atom. The van der Waals surface area contributed by atoms with Crippen LogP contribution in [0.4, 0.5) is 0 Å². The van der Waals surface area contributed by atoms with Crippen molar-refractivity contribution in [3.63, 3.8) is 0 Å². The van der Waals surface area contributed by atoms with E-state index < -0.39 is 0 Å². The summed E-state index contributed by atoms with van der Waals surface area (Å²) < 4.78 is 0. The Kier molecular flexibility index (Phi) is 2.64. The summed E-state index contributed by atoms with van der Waals surface area (Å²) in [5, 5.41) is 2.52. The fourth-order valence-corrected chi connectivity index (χ4v) is 1.73. The molecular weight excluding hydrogens is 181 g/mol. The zero-order chi connectivity index (χ0) is 8.67. The Labute approximate surface area is 104 Å². The van der Waals surface area contributed by atoms with Gasteiger partial charge in [0, 0.05) is 22.4 Å². The standard InChI is InChI=1S/C12H8N.Na.H/c1-3-7-11-9(5-1)10-6-2-4-8-12(10)13-11;;/h1-7,13H;;. The van der Waals surface area contributed by atoms with E-state index >= 15 is 0 Å². The molecule has 0 atom stereocenters. The number of fused-ring (bicyclic) bond motifs is 3. The molecule has 3 aromatic rings. The van der Waals surface area contributed by atoms with Gasteiger partial charge in [0.25, 0.3) is 0 Å². The molecule has 1 N–H and O–H groups in total. The SMILES string of the molecule is [NaH].[c]1cccc2c1[nH]c1ccccc12. The van der Waals surface area contributed by atoms with Crippen LogP contribution in [0.1, 0.15) is 0 Å². The number of aromatic amines is 1. The molecule has 0 amide bonds. The molecular formula is C12H9NNa. The number of benzene rings is 2. The van der Waals surface area contributed by atoms with E-state index in [0.29, 0.717) is 0 Å². The van der Waals surface area contributed by atoms with Gasteiger partial charge in [-0.3, -0.25) is 0 Å². The van der Waals surface area contributed by atoms with E-state index in [4.69, 9.17) is 0 Å². The predicted octanol–water partition coefficient (Wildman–Crippen LogP) is 2.47. The van der Waals surface area contributed by atoms with Crippen LogP contribution in [0.15, 0.2) is 42.5 Å². The van der Waals surface area contributed by atoms with E-state index in [0.717, 1.165) is 5.52 Å². The number of rotatable bonds is 0. The van der Waals surface area contributed by atoms with Crippen molar-refractivity contribution in [1.82, 2.24) is 4.98 Å². The fraction of sp³-hybridized carbons (Fsp3) is 0. The zero-order valence-electron chi connectivity index (χ0n) is 7.04. The van der Waals surface area contributed by atoms with Crippen LogP contribution in [-0.4, -0.2) is 34.5 Å². The van der Waals surface area contributed by atoms with E-state index in [9.17, 15) is 0 Å². The predicted molar refractivity (Wildman–Crippen MR) is 61.8 cm³/mol. The second kappa shape index (κ2) is 3.77. The molecule has 14 heavy (non-hydrogen) atoms. The molecule has 1 aromatic heterocycles. The van der Waals surface area contributed by atoms with E-state index in [1.807, 2.05) is 18.2 Å². The van der Waals surface area contributed by atoms with Gasteiger partial charge in [-0.1, -0.05) is 36.4 Å². The van der Waals surface area contributed by atoms with Crippen LogP contribution < -0.4 is 0 Å². The normalized spacial score (nSPS) is 10.3. The van der Waals surface area contributed by atoms with E-state index in [2.05, 4.69) is 35.3 Å². The van der Waals surface area contributed by atoms with Crippen molar-refractivity contribution in [3.8, 4) is 0 Å². The van der Waals surface area contributed by atoms with Gasteiger partial charge >= 0.3 is 29.6 Å². The van der Waals surface area contributed by atoms with Gasteiger partial charge in [-0.15, -0.1) is 0 Å². The molecule has 0 saturated heterocycles. The van der Waals surface area contributed by atoms with Crippen LogP contribution in [0.2, 0.25) is 0 Å². The van der Waals surface area contributed by atoms with Gasteiger partial charge in [0.2, 0.25) is 0 Å². The van der Waals surface area contributed by atoms with Gasteiger partial charge in [0.15, 0.2) is 0 Å². The van der Waals surface area contributed by atoms with Gasteiger partial charge < -0.3 is 4.98 Å². The van der Waals surface area contributed by atoms with Crippen LogP contribution in [0, 0.1) is 6.07 Å². The number of hydrogen-bond acceptors (Lipinski definition) is 0. The van der Waals surface area contributed by atoms with Crippen molar-refractivity contribution in [3.05, 3.63) is 48.5 Å². The topological polar surface area (TPSA) is 15.8 Å². The maximum atomic E-state index is 3.32. The van der Waals surface area contributed by atoms with Gasteiger partial charge in [0.05, 0.1) is 5.52 Å². The first-order valence-electron chi connectivity index (χ1n) is 4.32. The molecule has 0 aliphatic heterocycles. The minimum absolute atomic E-state index is 0. The Hall–Kier alpha value is -0.760. The molecule has 0 fully saturated rings. The van der Waals surface area contributed by atoms with Crippen molar-refractivity contribution >= 4 is 51.4 Å². The quantitative estimate of drug-likeness (QED) is 0.524. The third-order valence-corrected chi connectivity index (χ3v) is 2.33. The molecule has 1 radical (unpaired) electrons. The fourth-order valence-electron chi connectivity index (χ4n) is 1.73. The minimum Gasteiger partial charge on any atom is -0.354 e. The third kappa shape index (κ3) is 1.38. The van der Waals surface area contributed by atoms with E-state index in [1.165, 1.54) is 16.3 Å². The summed E-state index contributed by atoms with van der Waals surface area (Å²) in [6.07, 6.45) is 0. The first-order valence-corrected chi connectivity index (χ1v) is 4.32. The summed E-state index contributed by atoms with van der Waals surface area (Å²) in [6, 6.07) is 17.6. The van der Waals surface area contributed by atoms with Crippen molar-refractivity contribution < 1.29 is 0 Å². The van der Waals surface area contributed by atoms with Crippen molar-refractivity contribution in [2.45, 2.75) is 0 Å². The molecule has 3 rings (SSSR count). The summed E-state index contributed by atoms with van der Waals surface area (Å²) in [5.74, 6) is 0. The van der Waals surface area contributed by atoms with E-state index in [-0.39, 0.29) is 29.6 Å². The van der Waals surface area contributed by atoms with Crippen molar-refractivity contribution in [1.29, 1.82) is 0 Å². The average molecular weight is 190 g/mol. The second-order valence-corrected chi connectivity index (χ2v) is 3.13. The van der Waals surface area contributed by atoms with Crippen LogP contribution in [-0.2, 0) is 0 Å². The molecule has 2 aromatic carbocycles. The van der Waals surface area contributed by atoms with Crippen LogP contribution >= 0.6 is 0 Å². The minimum atomic E-state index is 0. The molecule has 63 valence electrons. The number of aromatic nitrogens is 1. The molecule has 1 heterocycles. The Balaban J connectivity index is 0.000000750. The van der Waals surface area contributed by atoms with Crippen LogP contribution in [0.5, 0.6) is 0 Å². The molecule has 2 heteroatoms. The Morgan fingerprint density at radius 2 is 1.71 bits per heavy atom. The summed E-state index contributed by atoms with van der Waals surface area (Å²) >= 11 is 0. The van der Waals surface area contributed by atoms with Gasteiger partial charge in [-0.25, -0.2) is 0 Å². The summed E-state index contributed by atoms with van der Waals surface area (Å²) in [6.45, 7) is 0. The number of hydrogen-bond donors (Lipinski definition) is 1. The largest absolute Gasteiger partial charge is 0.354 e. The van der Waals surface area contributed by atoms with Crippen LogP contribution in [0.25, 0.3) is 21.8 Å². The van der Waals surface area contributed by atoms with E-state index in [1.54, 1.807) is 0 Å². The Bertz CT molecular complexity index is 518. The molecule has 0 aliphatic rings. The first-order chi connectivity index (χ1) is 6.45. The maximum absolute atomic E-state index is 3.32. The van der Waals surface area contributed by atoms with Gasteiger partial charge in [0.1, 0.15) is 0 Å². The maximum Gasteiger partial charge on any atom is 0.0545 e. The molecule has 1 nitrogen and oxygen atoms in total. The average Bonchev–Trinajstić information content (AvgIpc) is 2.56. The first kappa shape index (κ1) is 9.78. The molecule has 0 spiro atoms. The number of nitrogens with one attached hydrogen (secondary N) is 1. The van der Waals surface area contributed by atoms with Crippen molar-refractivity contribution in [2.24, 2.45) is 0 Å². The molecule has 0 aliphatic carbocycles. The monoisotopic (exact) mass is 190 g/mol. The Morgan fingerprint density at radius 1 is 0.929 bits per heavy atom. The number of H-pyrrole nitrogens is 1. The van der Waals surface area contributed by atoms with Crippen molar-refractivity contribution in [2.75, 3.05) is 0 Å². The smallest absolute Gasteiger partial charge is 0.0545 e.